The van der Waals surface area contributed by atoms with E-state index in [1.807, 2.05) is 26.0 Å². The summed E-state index contributed by atoms with van der Waals surface area (Å²) >= 11 is 3.31. The van der Waals surface area contributed by atoms with Gasteiger partial charge < -0.3 is 10.2 Å². The summed E-state index contributed by atoms with van der Waals surface area (Å²) in [5.41, 5.74) is 0. The number of nitrogens with one attached hydrogen (secondary N) is 1. The lowest BCUT2D eigenvalue weighted by Gasteiger charge is -2.18. The maximum absolute atomic E-state index is 11.7. The topological polar surface area (TPSA) is 45.2 Å². The second kappa shape index (κ2) is 6.48. The number of carbonyl (C=O) groups excluding carboxylic acids is 1. The zero-order chi connectivity index (χ0) is 12.0. The third-order valence-electron chi connectivity index (χ3n) is 2.26. The van der Waals surface area contributed by atoms with E-state index in [1.165, 1.54) is 0 Å². The lowest BCUT2D eigenvalue weighted by molar-refractivity contribution is -0.128. The molecule has 0 aliphatic rings. The second-order valence-electron chi connectivity index (χ2n) is 3.28. The molecule has 4 nitrogen and oxygen atoms in total. The van der Waals surface area contributed by atoms with Gasteiger partial charge >= 0.3 is 0 Å². The van der Waals surface area contributed by atoms with E-state index in [1.54, 1.807) is 11.1 Å². The van der Waals surface area contributed by atoms with Crippen molar-refractivity contribution in [1.82, 2.24) is 9.88 Å². The van der Waals surface area contributed by atoms with Crippen molar-refractivity contribution in [3.05, 3.63) is 22.8 Å². The number of likely N-dealkylation sites (N-methyl/N-ethyl adjacent to an activating group) is 1. The predicted octanol–water partition coefficient (Wildman–Crippen LogP) is 2.12. The Kier molecular flexibility index (Phi) is 5.25. The van der Waals surface area contributed by atoms with Gasteiger partial charge in [-0.25, -0.2) is 4.98 Å². The van der Waals surface area contributed by atoms with Crippen LogP contribution in [-0.4, -0.2) is 35.4 Å². The lowest BCUT2D eigenvalue weighted by atomic mass is 10.4. The standard InChI is InChI=1S/C11H16BrN3O/c1-3-15(4-2)11(16)8-14-10-6-5-9(12)7-13-10/h5-7H,3-4,8H2,1-2H3,(H,13,14). The van der Waals surface area contributed by atoms with Gasteiger partial charge in [0.15, 0.2) is 0 Å². The zero-order valence-electron chi connectivity index (χ0n) is 9.53. The van der Waals surface area contributed by atoms with Crippen molar-refractivity contribution in [3.8, 4) is 0 Å². The Morgan fingerprint density at radius 1 is 1.44 bits per heavy atom. The molecule has 1 aromatic rings. The van der Waals surface area contributed by atoms with Crippen molar-refractivity contribution in [2.75, 3.05) is 25.0 Å². The molecule has 0 spiro atoms. The average Bonchev–Trinajstić information content (AvgIpc) is 2.30. The molecule has 1 amide bonds. The highest BCUT2D eigenvalue weighted by Gasteiger charge is 2.08. The minimum Gasteiger partial charge on any atom is -0.361 e. The van der Waals surface area contributed by atoms with Gasteiger partial charge in [-0.2, -0.15) is 0 Å². The van der Waals surface area contributed by atoms with Gasteiger partial charge in [-0.15, -0.1) is 0 Å². The number of carbonyl (C=O) groups is 1. The van der Waals surface area contributed by atoms with Crippen LogP contribution >= 0.6 is 15.9 Å². The van der Waals surface area contributed by atoms with Crippen molar-refractivity contribution in [2.45, 2.75) is 13.8 Å². The summed E-state index contributed by atoms with van der Waals surface area (Å²) in [6, 6.07) is 3.72. The summed E-state index contributed by atoms with van der Waals surface area (Å²) in [6.45, 7) is 5.71. The molecule has 1 rings (SSSR count). The number of hydrogen-bond acceptors (Lipinski definition) is 3. The summed E-state index contributed by atoms with van der Waals surface area (Å²) < 4.78 is 0.924. The Balaban J connectivity index is 2.45. The Morgan fingerprint density at radius 2 is 2.12 bits per heavy atom. The van der Waals surface area contributed by atoms with E-state index in [0.29, 0.717) is 5.82 Å². The highest BCUT2D eigenvalue weighted by molar-refractivity contribution is 9.10. The van der Waals surface area contributed by atoms with Crippen molar-refractivity contribution < 1.29 is 4.79 Å². The van der Waals surface area contributed by atoms with E-state index in [4.69, 9.17) is 0 Å². The van der Waals surface area contributed by atoms with Crippen LogP contribution < -0.4 is 5.32 Å². The maximum Gasteiger partial charge on any atom is 0.241 e. The molecule has 1 heterocycles. The number of hydrogen-bond donors (Lipinski definition) is 1. The maximum atomic E-state index is 11.7. The van der Waals surface area contributed by atoms with Crippen LogP contribution in [0.5, 0.6) is 0 Å². The SMILES string of the molecule is CCN(CC)C(=O)CNc1ccc(Br)cn1. The number of pyridine rings is 1. The zero-order valence-corrected chi connectivity index (χ0v) is 11.1. The smallest absolute Gasteiger partial charge is 0.241 e. The van der Waals surface area contributed by atoms with E-state index in [2.05, 4.69) is 26.2 Å². The molecule has 0 fully saturated rings. The molecule has 0 radical (unpaired) electrons. The summed E-state index contributed by atoms with van der Waals surface area (Å²) in [7, 11) is 0. The number of halogens is 1. The largest absolute Gasteiger partial charge is 0.361 e. The van der Waals surface area contributed by atoms with Crippen molar-refractivity contribution in [3.63, 3.8) is 0 Å². The van der Waals surface area contributed by atoms with Crippen molar-refractivity contribution >= 4 is 27.7 Å². The Labute approximate surface area is 104 Å². The second-order valence-corrected chi connectivity index (χ2v) is 4.20. The van der Waals surface area contributed by atoms with Crippen LogP contribution in [0.2, 0.25) is 0 Å². The highest BCUT2D eigenvalue weighted by Crippen LogP contribution is 2.10. The van der Waals surface area contributed by atoms with Gasteiger partial charge in [0.05, 0.1) is 6.54 Å². The molecule has 0 atom stereocenters. The summed E-state index contributed by atoms with van der Waals surface area (Å²) in [5, 5.41) is 3.00. The van der Waals surface area contributed by atoms with Gasteiger partial charge in [0.2, 0.25) is 5.91 Å². The minimum atomic E-state index is 0.0923. The molecule has 0 unspecified atom stereocenters. The number of anilines is 1. The minimum absolute atomic E-state index is 0.0923. The molecule has 1 N–H and O–H groups in total. The normalized spacial score (nSPS) is 9.94. The molecule has 0 bridgehead atoms. The van der Waals surface area contributed by atoms with Gasteiger partial charge in [-0.1, -0.05) is 0 Å². The van der Waals surface area contributed by atoms with Crippen LogP contribution in [0.4, 0.5) is 5.82 Å². The molecule has 0 aliphatic carbocycles. The summed E-state index contributed by atoms with van der Waals surface area (Å²) in [5.74, 6) is 0.804. The number of nitrogens with zero attached hydrogens (tertiary/aromatic N) is 2. The van der Waals surface area contributed by atoms with Crippen molar-refractivity contribution in [1.29, 1.82) is 0 Å². The van der Waals surface area contributed by atoms with E-state index in [9.17, 15) is 4.79 Å². The fourth-order valence-electron chi connectivity index (χ4n) is 1.33. The fraction of sp³-hybridized carbons (Fsp3) is 0.455. The van der Waals surface area contributed by atoms with Crippen LogP contribution in [0.3, 0.4) is 0 Å². The highest BCUT2D eigenvalue weighted by atomic mass is 79.9. The van der Waals surface area contributed by atoms with Gasteiger partial charge in [-0.3, -0.25) is 4.79 Å². The van der Waals surface area contributed by atoms with E-state index >= 15 is 0 Å². The van der Waals surface area contributed by atoms with Gasteiger partial charge in [0, 0.05) is 23.8 Å². The molecule has 0 saturated carbocycles. The molecule has 1 aromatic heterocycles. The molecule has 0 aliphatic heterocycles. The molecule has 0 aromatic carbocycles. The average molecular weight is 286 g/mol. The van der Waals surface area contributed by atoms with Crippen LogP contribution in [-0.2, 0) is 4.79 Å². The van der Waals surface area contributed by atoms with Crippen molar-refractivity contribution in [2.24, 2.45) is 0 Å². The van der Waals surface area contributed by atoms with Gasteiger partial charge in [0.1, 0.15) is 5.82 Å². The summed E-state index contributed by atoms with van der Waals surface area (Å²) in [6.07, 6.45) is 1.70. The Morgan fingerprint density at radius 3 is 2.62 bits per heavy atom. The van der Waals surface area contributed by atoms with Crippen LogP contribution in [0.1, 0.15) is 13.8 Å². The molecular formula is C11H16BrN3O. The quantitative estimate of drug-likeness (QED) is 0.902. The number of aromatic nitrogens is 1. The molecule has 16 heavy (non-hydrogen) atoms. The molecule has 0 saturated heterocycles. The van der Waals surface area contributed by atoms with Gasteiger partial charge in [-0.05, 0) is 41.9 Å². The lowest BCUT2D eigenvalue weighted by Crippen LogP contribution is -2.35. The Hall–Kier alpha value is -1.10. The van der Waals surface area contributed by atoms with Crippen LogP contribution in [0, 0.1) is 0 Å². The van der Waals surface area contributed by atoms with Gasteiger partial charge in [0.25, 0.3) is 0 Å². The third-order valence-corrected chi connectivity index (χ3v) is 2.73. The first kappa shape index (κ1) is 13.0. The van der Waals surface area contributed by atoms with Crippen LogP contribution in [0.25, 0.3) is 0 Å². The van der Waals surface area contributed by atoms with Crippen LogP contribution in [0.15, 0.2) is 22.8 Å². The molecule has 5 heteroatoms. The first-order valence-electron chi connectivity index (χ1n) is 5.30. The molecule has 88 valence electrons. The molecular weight excluding hydrogens is 270 g/mol. The number of rotatable bonds is 5. The fourth-order valence-corrected chi connectivity index (χ4v) is 1.57. The van der Waals surface area contributed by atoms with E-state index < -0.39 is 0 Å². The summed E-state index contributed by atoms with van der Waals surface area (Å²) in [4.78, 5) is 17.6. The third kappa shape index (κ3) is 3.81. The first-order valence-corrected chi connectivity index (χ1v) is 6.09. The number of amides is 1. The van der Waals surface area contributed by atoms with E-state index in [0.717, 1.165) is 17.6 Å². The predicted molar refractivity (Wildman–Crippen MR) is 68.4 cm³/mol. The first-order chi connectivity index (χ1) is 7.67. The Bertz CT molecular complexity index is 336. The monoisotopic (exact) mass is 285 g/mol. The van der Waals surface area contributed by atoms with E-state index in [-0.39, 0.29) is 12.5 Å².